The highest BCUT2D eigenvalue weighted by molar-refractivity contribution is 5.37. The number of hydrogen-bond donors (Lipinski definition) is 1. The molecule has 0 bridgehead atoms. The summed E-state index contributed by atoms with van der Waals surface area (Å²) in [6.07, 6.45) is 0.784. The summed E-state index contributed by atoms with van der Waals surface area (Å²) < 4.78 is 19.2. The monoisotopic (exact) mass is 261 g/mol. The first-order valence-corrected chi connectivity index (χ1v) is 6.14. The number of nitrogens with two attached hydrogens (primary N) is 1. The first-order valence-electron chi connectivity index (χ1n) is 6.14. The first kappa shape index (κ1) is 13.4. The van der Waals surface area contributed by atoms with Crippen LogP contribution < -0.4 is 10.5 Å². The van der Waals surface area contributed by atoms with E-state index in [4.69, 9.17) is 10.5 Å². The SMILES string of the molecule is CCc1cc(Oc2cccc(F)c2CN)nc(C)n1. The van der Waals surface area contributed by atoms with Gasteiger partial charge >= 0.3 is 0 Å². The van der Waals surface area contributed by atoms with Gasteiger partial charge < -0.3 is 10.5 Å². The van der Waals surface area contributed by atoms with Gasteiger partial charge in [0.25, 0.3) is 0 Å². The summed E-state index contributed by atoms with van der Waals surface area (Å²) in [5, 5.41) is 0. The lowest BCUT2D eigenvalue weighted by molar-refractivity contribution is 0.446. The minimum Gasteiger partial charge on any atom is -0.438 e. The quantitative estimate of drug-likeness (QED) is 0.919. The maximum absolute atomic E-state index is 13.6. The Balaban J connectivity index is 2.36. The average molecular weight is 261 g/mol. The fraction of sp³-hybridized carbons (Fsp3) is 0.286. The van der Waals surface area contributed by atoms with Crippen LogP contribution in [0.5, 0.6) is 11.6 Å². The van der Waals surface area contributed by atoms with E-state index in [-0.39, 0.29) is 12.4 Å². The third-order valence-electron chi connectivity index (χ3n) is 2.72. The molecule has 2 rings (SSSR count). The summed E-state index contributed by atoms with van der Waals surface area (Å²) in [6.45, 7) is 3.87. The van der Waals surface area contributed by atoms with E-state index in [1.807, 2.05) is 6.92 Å². The van der Waals surface area contributed by atoms with Crippen LogP contribution in [0.3, 0.4) is 0 Å². The zero-order chi connectivity index (χ0) is 13.8. The van der Waals surface area contributed by atoms with E-state index in [1.54, 1.807) is 25.1 Å². The topological polar surface area (TPSA) is 61.0 Å². The van der Waals surface area contributed by atoms with Crippen molar-refractivity contribution in [2.75, 3.05) is 0 Å². The van der Waals surface area contributed by atoms with Crippen LogP contribution >= 0.6 is 0 Å². The van der Waals surface area contributed by atoms with Gasteiger partial charge in [0.05, 0.1) is 0 Å². The van der Waals surface area contributed by atoms with Crippen molar-refractivity contribution in [1.29, 1.82) is 0 Å². The molecule has 19 heavy (non-hydrogen) atoms. The van der Waals surface area contributed by atoms with E-state index < -0.39 is 0 Å². The van der Waals surface area contributed by atoms with Crippen molar-refractivity contribution in [2.45, 2.75) is 26.8 Å². The molecule has 0 unspecified atom stereocenters. The Hall–Kier alpha value is -2.01. The largest absolute Gasteiger partial charge is 0.438 e. The molecule has 0 amide bonds. The van der Waals surface area contributed by atoms with Crippen molar-refractivity contribution in [2.24, 2.45) is 5.73 Å². The van der Waals surface area contributed by atoms with E-state index in [2.05, 4.69) is 9.97 Å². The van der Waals surface area contributed by atoms with Gasteiger partial charge in [-0.2, -0.15) is 4.98 Å². The second-order valence-electron chi connectivity index (χ2n) is 4.12. The van der Waals surface area contributed by atoms with E-state index >= 15 is 0 Å². The number of rotatable bonds is 4. The lowest BCUT2D eigenvalue weighted by Gasteiger charge is -2.11. The van der Waals surface area contributed by atoms with Crippen molar-refractivity contribution >= 4 is 0 Å². The van der Waals surface area contributed by atoms with Crippen molar-refractivity contribution in [3.05, 3.63) is 47.2 Å². The van der Waals surface area contributed by atoms with Crippen LogP contribution in [-0.2, 0) is 13.0 Å². The van der Waals surface area contributed by atoms with Gasteiger partial charge in [-0.1, -0.05) is 13.0 Å². The highest BCUT2D eigenvalue weighted by atomic mass is 19.1. The van der Waals surface area contributed by atoms with Crippen LogP contribution in [0.2, 0.25) is 0 Å². The van der Waals surface area contributed by atoms with E-state index in [0.717, 1.165) is 12.1 Å². The normalized spacial score (nSPS) is 10.5. The fourth-order valence-electron chi connectivity index (χ4n) is 1.78. The molecule has 0 aliphatic heterocycles. The van der Waals surface area contributed by atoms with Gasteiger partial charge in [0, 0.05) is 23.9 Å². The molecule has 0 saturated heterocycles. The standard InChI is InChI=1S/C14H16FN3O/c1-3-10-7-14(18-9(2)17-10)19-13-6-4-5-12(15)11(13)8-16/h4-7H,3,8,16H2,1-2H3. The molecule has 4 nitrogen and oxygen atoms in total. The van der Waals surface area contributed by atoms with Crippen LogP contribution in [0.15, 0.2) is 24.3 Å². The molecule has 100 valence electrons. The van der Waals surface area contributed by atoms with Gasteiger partial charge in [0.2, 0.25) is 5.88 Å². The van der Waals surface area contributed by atoms with Crippen molar-refractivity contribution in [3.8, 4) is 11.6 Å². The maximum atomic E-state index is 13.6. The average Bonchev–Trinajstić information content (AvgIpc) is 2.38. The number of hydrogen-bond acceptors (Lipinski definition) is 4. The maximum Gasteiger partial charge on any atom is 0.222 e. The van der Waals surface area contributed by atoms with Gasteiger partial charge in [0.1, 0.15) is 17.4 Å². The van der Waals surface area contributed by atoms with Gasteiger partial charge in [-0.25, -0.2) is 9.37 Å². The Kier molecular flexibility index (Phi) is 4.06. The number of aryl methyl sites for hydroxylation is 2. The van der Waals surface area contributed by atoms with Crippen molar-refractivity contribution in [1.82, 2.24) is 9.97 Å². The summed E-state index contributed by atoms with van der Waals surface area (Å²) in [4.78, 5) is 8.45. The summed E-state index contributed by atoms with van der Waals surface area (Å²) in [6, 6.07) is 6.36. The zero-order valence-corrected chi connectivity index (χ0v) is 11.0. The smallest absolute Gasteiger partial charge is 0.222 e. The summed E-state index contributed by atoms with van der Waals surface area (Å²) in [5.74, 6) is 1.05. The Morgan fingerprint density at radius 3 is 2.79 bits per heavy atom. The molecule has 2 N–H and O–H groups in total. The van der Waals surface area contributed by atoms with Crippen LogP contribution in [0.1, 0.15) is 24.0 Å². The number of nitrogens with zero attached hydrogens (tertiary/aromatic N) is 2. The van der Waals surface area contributed by atoms with Gasteiger partial charge in [-0.3, -0.25) is 0 Å². The van der Waals surface area contributed by atoms with Crippen LogP contribution in [0.25, 0.3) is 0 Å². The molecule has 1 aromatic carbocycles. The molecule has 1 aromatic heterocycles. The molecule has 1 heterocycles. The van der Waals surface area contributed by atoms with Crippen molar-refractivity contribution < 1.29 is 9.13 Å². The predicted octanol–water partition coefficient (Wildman–Crippen LogP) is 2.74. The Labute approximate surface area is 111 Å². The molecule has 2 aromatic rings. The van der Waals surface area contributed by atoms with E-state index in [1.165, 1.54) is 6.07 Å². The molecule has 0 saturated carbocycles. The summed E-state index contributed by atoms with van der Waals surface area (Å²) >= 11 is 0. The third kappa shape index (κ3) is 3.06. The van der Waals surface area contributed by atoms with Gasteiger partial charge in [-0.05, 0) is 25.5 Å². The summed E-state index contributed by atoms with van der Waals surface area (Å²) in [5.41, 5.74) is 6.77. The van der Waals surface area contributed by atoms with Gasteiger partial charge in [0.15, 0.2) is 0 Å². The second-order valence-corrected chi connectivity index (χ2v) is 4.12. The van der Waals surface area contributed by atoms with Crippen LogP contribution in [0.4, 0.5) is 4.39 Å². The number of benzene rings is 1. The molecular weight excluding hydrogens is 245 g/mol. The minimum atomic E-state index is -0.374. The number of aromatic nitrogens is 2. The Bertz CT molecular complexity index is 587. The minimum absolute atomic E-state index is 0.0761. The molecule has 0 spiro atoms. The molecule has 0 atom stereocenters. The highest BCUT2D eigenvalue weighted by Crippen LogP contribution is 2.26. The highest BCUT2D eigenvalue weighted by Gasteiger charge is 2.10. The number of ether oxygens (including phenoxy) is 1. The molecule has 0 aliphatic carbocycles. The third-order valence-corrected chi connectivity index (χ3v) is 2.72. The second kappa shape index (κ2) is 5.75. The zero-order valence-electron chi connectivity index (χ0n) is 11.0. The molecule has 5 heteroatoms. The van der Waals surface area contributed by atoms with Crippen molar-refractivity contribution in [3.63, 3.8) is 0 Å². The lowest BCUT2D eigenvalue weighted by atomic mass is 10.2. The summed E-state index contributed by atoms with van der Waals surface area (Å²) in [7, 11) is 0. The van der Waals surface area contributed by atoms with Gasteiger partial charge in [-0.15, -0.1) is 0 Å². The van der Waals surface area contributed by atoms with Crippen LogP contribution in [-0.4, -0.2) is 9.97 Å². The lowest BCUT2D eigenvalue weighted by Crippen LogP contribution is -2.04. The van der Waals surface area contributed by atoms with Crippen LogP contribution in [0, 0.1) is 12.7 Å². The predicted molar refractivity (Wildman–Crippen MR) is 70.5 cm³/mol. The molecule has 0 fully saturated rings. The molecule has 0 aliphatic rings. The number of halogens is 1. The Morgan fingerprint density at radius 2 is 2.11 bits per heavy atom. The van der Waals surface area contributed by atoms with E-state index in [9.17, 15) is 4.39 Å². The molecule has 0 radical (unpaired) electrons. The van der Waals surface area contributed by atoms with E-state index in [0.29, 0.717) is 23.0 Å². The Morgan fingerprint density at radius 1 is 1.32 bits per heavy atom. The molecular formula is C14H16FN3O. The fourth-order valence-corrected chi connectivity index (χ4v) is 1.78. The first-order chi connectivity index (χ1) is 9.13.